The minimum atomic E-state index is -1.00. The van der Waals surface area contributed by atoms with Crippen molar-refractivity contribution in [1.29, 1.82) is 0 Å². The standard InChI is InChI=1S/C31H32N2O6S/c1-6-15-39-30(37)28-20(5)32-31(40-28)33-25(22-8-7-9-23(17-22)38-16-14-18(2)3)24(27(35)29(33)36)26(34)21-12-10-19(4)11-13-21/h6-13,17-18,25,34H,1,14-16H2,2-5H3. The van der Waals surface area contributed by atoms with E-state index in [1.165, 1.54) is 11.0 Å². The summed E-state index contributed by atoms with van der Waals surface area (Å²) in [7, 11) is 0. The number of aryl methyl sites for hydroxylation is 2. The molecule has 8 nitrogen and oxygen atoms in total. The van der Waals surface area contributed by atoms with Gasteiger partial charge in [0.05, 0.1) is 23.9 Å². The van der Waals surface area contributed by atoms with Gasteiger partial charge in [-0.25, -0.2) is 9.78 Å². The minimum Gasteiger partial charge on any atom is -0.507 e. The van der Waals surface area contributed by atoms with Crippen LogP contribution >= 0.6 is 11.3 Å². The fraction of sp³-hybridized carbons (Fsp3) is 0.290. The van der Waals surface area contributed by atoms with Crippen LogP contribution in [0.2, 0.25) is 0 Å². The molecule has 1 aliphatic heterocycles. The molecule has 1 aliphatic rings. The Morgan fingerprint density at radius 1 is 1.18 bits per heavy atom. The lowest BCUT2D eigenvalue weighted by Crippen LogP contribution is -2.29. The smallest absolute Gasteiger partial charge is 0.350 e. The summed E-state index contributed by atoms with van der Waals surface area (Å²) in [6, 6.07) is 13.1. The van der Waals surface area contributed by atoms with E-state index in [0.717, 1.165) is 23.3 Å². The molecule has 1 unspecified atom stereocenters. The Morgan fingerprint density at radius 3 is 2.58 bits per heavy atom. The molecule has 3 aromatic rings. The van der Waals surface area contributed by atoms with E-state index < -0.39 is 23.7 Å². The fourth-order valence-corrected chi connectivity index (χ4v) is 5.26. The SMILES string of the molecule is C=CCOC(=O)c1sc(N2C(=O)C(=O)C(=C(O)c3ccc(C)cc3)C2c2cccc(OCCC(C)C)c2)nc1C. The lowest BCUT2D eigenvalue weighted by atomic mass is 9.95. The number of carbonyl (C=O) groups excluding carboxylic acids is 3. The zero-order chi connectivity index (χ0) is 29.0. The molecule has 0 aliphatic carbocycles. The van der Waals surface area contributed by atoms with Gasteiger partial charge < -0.3 is 14.6 Å². The highest BCUT2D eigenvalue weighted by atomic mass is 32.1. The van der Waals surface area contributed by atoms with Crippen molar-refractivity contribution in [3.8, 4) is 5.75 Å². The van der Waals surface area contributed by atoms with Crippen LogP contribution in [0.4, 0.5) is 5.13 Å². The van der Waals surface area contributed by atoms with Gasteiger partial charge in [0.2, 0.25) is 0 Å². The monoisotopic (exact) mass is 560 g/mol. The van der Waals surface area contributed by atoms with E-state index in [0.29, 0.717) is 35.1 Å². The highest BCUT2D eigenvalue weighted by Crippen LogP contribution is 2.44. The number of aliphatic hydroxyl groups excluding tert-OH is 1. The molecule has 0 spiro atoms. The number of amides is 1. The predicted molar refractivity (Wildman–Crippen MR) is 155 cm³/mol. The van der Waals surface area contributed by atoms with Crippen LogP contribution in [0.1, 0.15) is 58.4 Å². The number of anilines is 1. The predicted octanol–water partition coefficient (Wildman–Crippen LogP) is 6.15. The first-order valence-corrected chi connectivity index (χ1v) is 13.8. The van der Waals surface area contributed by atoms with E-state index in [-0.39, 0.29) is 27.9 Å². The third-order valence-corrected chi connectivity index (χ3v) is 7.55. The van der Waals surface area contributed by atoms with Gasteiger partial charge in [0.25, 0.3) is 5.78 Å². The van der Waals surface area contributed by atoms with Crippen LogP contribution in [0, 0.1) is 19.8 Å². The Bertz CT molecular complexity index is 1470. The first kappa shape index (κ1) is 28.8. The molecular formula is C31H32N2O6S. The maximum Gasteiger partial charge on any atom is 0.350 e. The van der Waals surface area contributed by atoms with Gasteiger partial charge in [0.15, 0.2) is 5.13 Å². The quantitative estimate of drug-likeness (QED) is 0.104. The van der Waals surface area contributed by atoms with Crippen LogP contribution in [0.3, 0.4) is 0 Å². The Balaban J connectivity index is 1.84. The van der Waals surface area contributed by atoms with Crippen LogP contribution in [0.25, 0.3) is 5.76 Å². The average Bonchev–Trinajstić information content (AvgIpc) is 3.43. The number of hydrogen-bond donors (Lipinski definition) is 1. The van der Waals surface area contributed by atoms with E-state index in [9.17, 15) is 19.5 Å². The van der Waals surface area contributed by atoms with Gasteiger partial charge in [-0.1, -0.05) is 79.8 Å². The second-order valence-corrected chi connectivity index (χ2v) is 10.9. The van der Waals surface area contributed by atoms with Crippen molar-refractivity contribution < 1.29 is 29.0 Å². The maximum absolute atomic E-state index is 13.5. The molecular weight excluding hydrogens is 528 g/mol. The largest absolute Gasteiger partial charge is 0.507 e. The first-order valence-electron chi connectivity index (χ1n) is 13.0. The number of hydrogen-bond acceptors (Lipinski definition) is 8. The van der Waals surface area contributed by atoms with E-state index >= 15 is 0 Å². The van der Waals surface area contributed by atoms with Crippen LogP contribution in [-0.4, -0.2) is 41.0 Å². The Hall–Kier alpha value is -4.24. The van der Waals surface area contributed by atoms with Crippen molar-refractivity contribution in [3.05, 3.63) is 94.0 Å². The molecule has 1 atom stereocenters. The zero-order valence-corrected chi connectivity index (χ0v) is 23.8. The molecule has 2 heterocycles. The number of rotatable bonds is 10. The van der Waals surface area contributed by atoms with E-state index in [1.807, 2.05) is 19.1 Å². The summed E-state index contributed by atoms with van der Waals surface area (Å²) in [5, 5.41) is 11.5. The second-order valence-electron chi connectivity index (χ2n) is 9.94. The highest BCUT2D eigenvalue weighted by molar-refractivity contribution is 7.17. The zero-order valence-electron chi connectivity index (χ0n) is 23.0. The number of nitrogens with zero attached hydrogens (tertiary/aromatic N) is 2. The molecule has 1 fully saturated rings. The highest BCUT2D eigenvalue weighted by Gasteiger charge is 2.48. The van der Waals surface area contributed by atoms with Crippen molar-refractivity contribution in [2.75, 3.05) is 18.1 Å². The third-order valence-electron chi connectivity index (χ3n) is 6.42. The van der Waals surface area contributed by atoms with Crippen molar-refractivity contribution in [2.24, 2.45) is 5.92 Å². The summed E-state index contributed by atoms with van der Waals surface area (Å²) in [4.78, 5) is 45.5. The van der Waals surface area contributed by atoms with Crippen LogP contribution in [-0.2, 0) is 14.3 Å². The number of aliphatic hydroxyl groups is 1. The summed E-state index contributed by atoms with van der Waals surface area (Å²) in [6.45, 7) is 11.8. The number of benzene rings is 2. The summed E-state index contributed by atoms with van der Waals surface area (Å²) in [5.74, 6) is -1.57. The third kappa shape index (κ3) is 5.99. The van der Waals surface area contributed by atoms with Gasteiger partial charge in [-0.15, -0.1) is 0 Å². The average molecular weight is 561 g/mol. The lowest BCUT2D eigenvalue weighted by Gasteiger charge is -2.23. The number of carbonyl (C=O) groups is 3. The fourth-order valence-electron chi connectivity index (χ4n) is 4.27. The van der Waals surface area contributed by atoms with E-state index in [2.05, 4.69) is 25.4 Å². The van der Waals surface area contributed by atoms with Crippen molar-refractivity contribution in [1.82, 2.24) is 4.98 Å². The molecule has 0 radical (unpaired) electrons. The molecule has 4 rings (SSSR count). The van der Waals surface area contributed by atoms with Crippen molar-refractivity contribution in [3.63, 3.8) is 0 Å². The molecule has 40 heavy (non-hydrogen) atoms. The molecule has 1 aromatic heterocycles. The number of thiazole rings is 1. The molecule has 1 N–H and O–H groups in total. The Kier molecular flexibility index (Phi) is 8.84. The summed E-state index contributed by atoms with van der Waals surface area (Å²) in [6.07, 6.45) is 2.31. The molecule has 2 aromatic carbocycles. The van der Waals surface area contributed by atoms with Crippen molar-refractivity contribution in [2.45, 2.75) is 40.2 Å². The summed E-state index contributed by atoms with van der Waals surface area (Å²) >= 11 is 0.950. The molecule has 1 saturated heterocycles. The van der Waals surface area contributed by atoms with Crippen LogP contribution < -0.4 is 9.64 Å². The minimum absolute atomic E-state index is 0.0240. The summed E-state index contributed by atoms with van der Waals surface area (Å²) in [5.41, 5.74) is 2.23. The number of esters is 1. The Morgan fingerprint density at radius 2 is 1.90 bits per heavy atom. The van der Waals surface area contributed by atoms with Crippen molar-refractivity contribution >= 4 is 39.9 Å². The van der Waals surface area contributed by atoms with Gasteiger partial charge in [-0.2, -0.15) is 0 Å². The Labute approximate surface area is 237 Å². The topological polar surface area (TPSA) is 106 Å². The first-order chi connectivity index (χ1) is 19.1. The molecule has 208 valence electrons. The molecule has 1 amide bonds. The van der Waals surface area contributed by atoms with Crippen LogP contribution in [0.15, 0.2) is 66.8 Å². The van der Waals surface area contributed by atoms with Gasteiger partial charge in [-0.05, 0) is 43.9 Å². The molecule has 0 bridgehead atoms. The number of ketones is 1. The van der Waals surface area contributed by atoms with E-state index in [4.69, 9.17) is 9.47 Å². The summed E-state index contributed by atoms with van der Waals surface area (Å²) < 4.78 is 11.1. The molecule has 9 heteroatoms. The number of ether oxygens (including phenoxy) is 2. The maximum atomic E-state index is 13.5. The molecule has 0 saturated carbocycles. The van der Waals surface area contributed by atoms with Gasteiger partial charge >= 0.3 is 11.9 Å². The van der Waals surface area contributed by atoms with Gasteiger partial charge in [0.1, 0.15) is 23.0 Å². The van der Waals surface area contributed by atoms with Gasteiger partial charge in [0, 0.05) is 5.56 Å². The normalized spacial score (nSPS) is 16.4. The number of Topliss-reactive ketones (excluding diaryl/α,β-unsaturated/α-hetero) is 1. The van der Waals surface area contributed by atoms with Gasteiger partial charge in [-0.3, -0.25) is 14.5 Å². The lowest BCUT2D eigenvalue weighted by molar-refractivity contribution is -0.132. The van der Waals surface area contributed by atoms with E-state index in [1.54, 1.807) is 43.3 Å². The van der Waals surface area contributed by atoms with Crippen LogP contribution in [0.5, 0.6) is 5.75 Å². The second kappa shape index (κ2) is 12.3. The number of aromatic nitrogens is 1.